The van der Waals surface area contributed by atoms with Gasteiger partial charge in [0.2, 0.25) is 0 Å². The van der Waals surface area contributed by atoms with Gasteiger partial charge in [0.25, 0.3) is 9.05 Å². The number of rotatable bonds is 2. The Morgan fingerprint density at radius 3 is 2.12 bits per heavy atom. The van der Waals surface area contributed by atoms with Gasteiger partial charge in [-0.25, -0.2) is 26.4 Å². The lowest BCUT2D eigenvalue weighted by molar-refractivity contribution is 0.0690. The molecule has 1 N–H and O–H groups in total. The Kier molecular flexibility index (Phi) is 3.15. The van der Waals surface area contributed by atoms with Crippen molar-refractivity contribution < 1.29 is 31.5 Å². The highest BCUT2D eigenvalue weighted by atomic mass is 35.7. The molecule has 1 aromatic carbocycles. The lowest BCUT2D eigenvalue weighted by atomic mass is 10.2. The minimum absolute atomic E-state index is 0.0264. The van der Waals surface area contributed by atoms with Crippen molar-refractivity contribution in [2.45, 2.75) is 4.90 Å². The number of halogens is 4. The van der Waals surface area contributed by atoms with E-state index in [9.17, 15) is 26.4 Å². The third-order valence-corrected chi connectivity index (χ3v) is 2.90. The van der Waals surface area contributed by atoms with Crippen molar-refractivity contribution in [3.63, 3.8) is 0 Å². The molecule has 0 aliphatic rings. The molecule has 9 heteroatoms. The van der Waals surface area contributed by atoms with Crippen molar-refractivity contribution in [3.05, 3.63) is 29.1 Å². The molecule has 0 spiro atoms. The minimum Gasteiger partial charge on any atom is -0.478 e. The lowest BCUT2D eigenvalue weighted by Gasteiger charge is -2.04. The van der Waals surface area contributed by atoms with Crippen LogP contribution in [0.15, 0.2) is 11.0 Å². The molecule has 0 aromatic heterocycles. The summed E-state index contributed by atoms with van der Waals surface area (Å²) in [5.41, 5.74) is -1.32. The summed E-state index contributed by atoms with van der Waals surface area (Å²) in [5, 5.41) is 8.40. The summed E-state index contributed by atoms with van der Waals surface area (Å²) in [7, 11) is -0.273. The molecular formula is C7H2ClF3O4S. The Morgan fingerprint density at radius 2 is 1.75 bits per heavy atom. The molecule has 0 bridgehead atoms. The maximum absolute atomic E-state index is 13.2. The first-order chi connectivity index (χ1) is 7.16. The average molecular weight is 275 g/mol. The first-order valence-electron chi connectivity index (χ1n) is 3.51. The molecule has 4 nitrogen and oxygen atoms in total. The van der Waals surface area contributed by atoms with Crippen molar-refractivity contribution in [1.82, 2.24) is 0 Å². The van der Waals surface area contributed by atoms with E-state index in [-0.39, 0.29) is 6.07 Å². The summed E-state index contributed by atoms with van der Waals surface area (Å²) >= 11 is 0. The molecule has 0 aliphatic carbocycles. The van der Waals surface area contributed by atoms with Gasteiger partial charge < -0.3 is 5.11 Å². The zero-order valence-corrected chi connectivity index (χ0v) is 8.74. The van der Waals surface area contributed by atoms with Gasteiger partial charge in [-0.15, -0.1) is 0 Å². The van der Waals surface area contributed by atoms with E-state index in [1.165, 1.54) is 0 Å². The van der Waals surface area contributed by atoms with Crippen molar-refractivity contribution in [1.29, 1.82) is 0 Å². The number of hydrogen-bond donors (Lipinski definition) is 1. The van der Waals surface area contributed by atoms with Crippen molar-refractivity contribution in [3.8, 4) is 0 Å². The van der Waals surface area contributed by atoms with Crippen molar-refractivity contribution >= 4 is 25.7 Å². The lowest BCUT2D eigenvalue weighted by Crippen LogP contribution is -2.10. The smallest absolute Gasteiger partial charge is 0.338 e. The second-order valence-corrected chi connectivity index (χ2v) is 5.11. The molecule has 1 aromatic rings. The fourth-order valence-electron chi connectivity index (χ4n) is 0.950. The second kappa shape index (κ2) is 3.95. The van der Waals surface area contributed by atoms with Crippen LogP contribution in [0.1, 0.15) is 10.4 Å². The molecule has 0 unspecified atom stereocenters. The fourth-order valence-corrected chi connectivity index (χ4v) is 1.99. The zero-order valence-electron chi connectivity index (χ0n) is 7.17. The molecule has 0 amide bonds. The number of carboxylic acids is 1. The Balaban J connectivity index is 3.80. The van der Waals surface area contributed by atoms with Crippen LogP contribution in [-0.2, 0) is 9.05 Å². The average Bonchev–Trinajstić information content (AvgIpc) is 2.08. The normalized spacial score (nSPS) is 11.5. The highest BCUT2D eigenvalue weighted by Gasteiger charge is 2.29. The maximum atomic E-state index is 13.2. The van der Waals surface area contributed by atoms with Gasteiger partial charge in [0.1, 0.15) is 0 Å². The fraction of sp³-hybridized carbons (Fsp3) is 0. The van der Waals surface area contributed by atoms with Crippen LogP contribution in [0.4, 0.5) is 13.2 Å². The van der Waals surface area contributed by atoms with Gasteiger partial charge in [0.05, 0.1) is 5.56 Å². The van der Waals surface area contributed by atoms with Gasteiger partial charge >= 0.3 is 5.97 Å². The number of carboxylic acid groups (broad SMARTS) is 1. The molecule has 0 heterocycles. The van der Waals surface area contributed by atoms with Crippen LogP contribution in [0.2, 0.25) is 0 Å². The van der Waals surface area contributed by atoms with Gasteiger partial charge in [-0.1, -0.05) is 0 Å². The van der Waals surface area contributed by atoms with Gasteiger partial charge in [-0.2, -0.15) is 0 Å². The van der Waals surface area contributed by atoms with E-state index in [0.29, 0.717) is 0 Å². The molecule has 0 saturated carbocycles. The standard InChI is InChI=1S/C7H2ClF3O4S/c8-16(14,15)6-4(10)2(7(12)13)1-3(9)5(6)11/h1H,(H,12,13). The largest absolute Gasteiger partial charge is 0.478 e. The summed E-state index contributed by atoms with van der Waals surface area (Å²) in [6.07, 6.45) is 0. The summed E-state index contributed by atoms with van der Waals surface area (Å²) in [4.78, 5) is 8.58. The van der Waals surface area contributed by atoms with Gasteiger partial charge in [0.15, 0.2) is 22.3 Å². The van der Waals surface area contributed by atoms with E-state index >= 15 is 0 Å². The predicted molar refractivity (Wildman–Crippen MR) is 46.3 cm³/mol. The summed E-state index contributed by atoms with van der Waals surface area (Å²) < 4.78 is 60.4. The van der Waals surface area contributed by atoms with E-state index in [4.69, 9.17) is 5.11 Å². The van der Waals surface area contributed by atoms with E-state index in [0.717, 1.165) is 0 Å². The Labute approximate surface area is 91.7 Å². The monoisotopic (exact) mass is 274 g/mol. The predicted octanol–water partition coefficient (Wildman–Crippen LogP) is 1.73. The quantitative estimate of drug-likeness (QED) is 0.658. The van der Waals surface area contributed by atoms with Crippen molar-refractivity contribution in [2.75, 3.05) is 0 Å². The number of hydrogen-bond acceptors (Lipinski definition) is 3. The van der Waals surface area contributed by atoms with Gasteiger partial charge in [0, 0.05) is 10.7 Å². The Hall–Kier alpha value is -1.28. The first kappa shape index (κ1) is 12.8. The van der Waals surface area contributed by atoms with E-state index in [1.807, 2.05) is 0 Å². The van der Waals surface area contributed by atoms with Crippen LogP contribution in [0.5, 0.6) is 0 Å². The van der Waals surface area contributed by atoms with Crippen molar-refractivity contribution in [2.24, 2.45) is 0 Å². The summed E-state index contributed by atoms with van der Waals surface area (Å²) in [5.74, 6) is -7.77. The molecule has 0 aliphatic heterocycles. The molecule has 0 radical (unpaired) electrons. The minimum atomic E-state index is -4.92. The highest BCUT2D eigenvalue weighted by Crippen LogP contribution is 2.27. The summed E-state index contributed by atoms with van der Waals surface area (Å²) in [6.45, 7) is 0. The molecular weight excluding hydrogens is 273 g/mol. The molecule has 1 rings (SSSR count). The zero-order chi connectivity index (χ0) is 12.7. The first-order valence-corrected chi connectivity index (χ1v) is 5.82. The molecule has 16 heavy (non-hydrogen) atoms. The third kappa shape index (κ3) is 2.12. The topological polar surface area (TPSA) is 71.4 Å². The third-order valence-electron chi connectivity index (χ3n) is 1.59. The Morgan fingerprint density at radius 1 is 1.25 bits per heavy atom. The van der Waals surface area contributed by atoms with E-state index < -0.39 is 42.9 Å². The van der Waals surface area contributed by atoms with Crippen LogP contribution in [0.25, 0.3) is 0 Å². The van der Waals surface area contributed by atoms with Crippen LogP contribution < -0.4 is 0 Å². The van der Waals surface area contributed by atoms with Gasteiger partial charge in [-0.05, 0) is 6.07 Å². The summed E-state index contributed by atoms with van der Waals surface area (Å²) in [6, 6.07) is 0.0264. The Bertz CT molecular complexity index is 569. The maximum Gasteiger partial charge on any atom is 0.338 e. The SMILES string of the molecule is O=C(O)c1cc(F)c(F)c(S(=O)(=O)Cl)c1F. The molecule has 0 atom stereocenters. The molecule has 0 saturated heterocycles. The van der Waals surface area contributed by atoms with Gasteiger partial charge in [-0.3, -0.25) is 0 Å². The van der Waals surface area contributed by atoms with E-state index in [1.54, 1.807) is 0 Å². The van der Waals surface area contributed by atoms with Crippen LogP contribution in [0, 0.1) is 17.5 Å². The van der Waals surface area contributed by atoms with E-state index in [2.05, 4.69) is 10.7 Å². The highest BCUT2D eigenvalue weighted by molar-refractivity contribution is 8.13. The van der Waals surface area contributed by atoms with Crippen LogP contribution in [0.3, 0.4) is 0 Å². The van der Waals surface area contributed by atoms with Crippen LogP contribution in [-0.4, -0.2) is 19.5 Å². The number of benzene rings is 1. The molecule has 0 fully saturated rings. The number of carbonyl (C=O) groups is 1. The van der Waals surface area contributed by atoms with Crippen LogP contribution >= 0.6 is 10.7 Å². The number of aromatic carboxylic acids is 1. The molecule has 88 valence electrons. The second-order valence-electron chi connectivity index (χ2n) is 2.61.